The maximum atomic E-state index is 4.19. The van der Waals surface area contributed by atoms with Gasteiger partial charge in [0.25, 0.3) is 0 Å². The van der Waals surface area contributed by atoms with Gasteiger partial charge in [-0.3, -0.25) is 0 Å². The minimum atomic E-state index is 0.320. The van der Waals surface area contributed by atoms with Crippen molar-refractivity contribution in [1.82, 2.24) is 4.98 Å². The van der Waals surface area contributed by atoms with Gasteiger partial charge in [0, 0.05) is 34.8 Å². The number of aromatic nitrogens is 1. The van der Waals surface area contributed by atoms with E-state index in [4.69, 9.17) is 0 Å². The fraction of sp³-hybridized carbons (Fsp3) is 0.308. The van der Waals surface area contributed by atoms with Crippen LogP contribution in [0.2, 0.25) is 0 Å². The van der Waals surface area contributed by atoms with E-state index < -0.39 is 0 Å². The highest BCUT2D eigenvalue weighted by Crippen LogP contribution is 2.26. The Morgan fingerprint density at radius 1 is 1.29 bits per heavy atom. The van der Waals surface area contributed by atoms with Gasteiger partial charge < -0.3 is 10.6 Å². The number of aryl methyl sites for hydroxylation is 1. The topological polar surface area (TPSA) is 37.0 Å². The third-order valence-electron chi connectivity index (χ3n) is 2.59. The smallest absolute Gasteiger partial charge is 0.127 e. The van der Waals surface area contributed by atoms with Crippen molar-refractivity contribution < 1.29 is 0 Å². The van der Waals surface area contributed by atoms with Gasteiger partial charge in [-0.15, -0.1) is 11.3 Å². The number of hydrogen-bond donors (Lipinski definition) is 2. The van der Waals surface area contributed by atoms with Gasteiger partial charge in [-0.25, -0.2) is 4.98 Å². The molecule has 90 valence electrons. The molecule has 4 heteroatoms. The first-order valence-corrected chi connectivity index (χ1v) is 6.47. The Balaban J connectivity index is 2.09. The van der Waals surface area contributed by atoms with Crippen LogP contribution in [0, 0.1) is 6.92 Å². The summed E-state index contributed by atoms with van der Waals surface area (Å²) in [6.07, 6.45) is 1.81. The number of anilines is 2. The lowest BCUT2D eigenvalue weighted by atomic mass is 10.2. The van der Waals surface area contributed by atoms with Crippen LogP contribution in [0.15, 0.2) is 30.5 Å². The molecule has 0 radical (unpaired) electrons. The predicted molar refractivity (Wildman–Crippen MR) is 74.9 cm³/mol. The molecule has 2 N–H and O–H groups in total. The van der Waals surface area contributed by atoms with Crippen LogP contribution in [0.25, 0.3) is 0 Å². The first-order chi connectivity index (χ1) is 8.19. The normalized spacial score (nSPS) is 12.2. The Kier molecular flexibility index (Phi) is 3.64. The van der Waals surface area contributed by atoms with Crippen molar-refractivity contribution in [1.29, 1.82) is 0 Å². The highest BCUT2D eigenvalue weighted by molar-refractivity contribution is 7.12. The Hall–Kier alpha value is -1.55. The average molecular weight is 247 g/mol. The Morgan fingerprint density at radius 2 is 2.12 bits per heavy atom. The number of rotatable bonds is 4. The number of nitrogens with zero attached hydrogens (tertiary/aromatic N) is 1. The molecule has 0 amide bonds. The quantitative estimate of drug-likeness (QED) is 0.865. The van der Waals surface area contributed by atoms with Crippen LogP contribution >= 0.6 is 11.3 Å². The van der Waals surface area contributed by atoms with E-state index >= 15 is 0 Å². The fourth-order valence-corrected chi connectivity index (χ4v) is 2.54. The molecule has 0 spiro atoms. The van der Waals surface area contributed by atoms with Crippen LogP contribution in [0.3, 0.4) is 0 Å². The van der Waals surface area contributed by atoms with Gasteiger partial charge in [-0.2, -0.15) is 0 Å². The van der Waals surface area contributed by atoms with Crippen molar-refractivity contribution in [3.8, 4) is 0 Å². The summed E-state index contributed by atoms with van der Waals surface area (Å²) in [5, 5.41) is 6.51. The summed E-state index contributed by atoms with van der Waals surface area (Å²) in [5.74, 6) is 0.879. The highest BCUT2D eigenvalue weighted by atomic mass is 32.1. The van der Waals surface area contributed by atoms with Gasteiger partial charge in [-0.1, -0.05) is 0 Å². The number of nitrogens with one attached hydrogen (secondary N) is 2. The molecule has 0 aliphatic heterocycles. The van der Waals surface area contributed by atoms with Crippen LogP contribution in [0.5, 0.6) is 0 Å². The van der Waals surface area contributed by atoms with Crippen LogP contribution in [0.1, 0.15) is 22.7 Å². The maximum absolute atomic E-state index is 4.19. The largest absolute Gasteiger partial charge is 0.378 e. The van der Waals surface area contributed by atoms with Gasteiger partial charge in [-0.05, 0) is 32.0 Å². The predicted octanol–water partition coefficient (Wildman–Crippen LogP) is 3.67. The van der Waals surface area contributed by atoms with Gasteiger partial charge >= 0.3 is 0 Å². The van der Waals surface area contributed by atoms with Crippen LogP contribution in [-0.4, -0.2) is 12.0 Å². The van der Waals surface area contributed by atoms with E-state index in [9.17, 15) is 0 Å². The molecular formula is C13H17N3S. The average Bonchev–Trinajstić information content (AvgIpc) is 2.76. The van der Waals surface area contributed by atoms with E-state index in [1.165, 1.54) is 9.75 Å². The molecule has 0 saturated carbocycles. The molecular weight excluding hydrogens is 230 g/mol. The second-order valence-electron chi connectivity index (χ2n) is 3.99. The lowest BCUT2D eigenvalue weighted by Crippen LogP contribution is -2.05. The number of thiophene rings is 1. The SMILES string of the molecule is CNc1cc(NC(C)c2ccc(C)s2)ccn1. The van der Waals surface area contributed by atoms with Crippen molar-refractivity contribution in [2.75, 3.05) is 17.7 Å². The summed E-state index contributed by atoms with van der Waals surface area (Å²) >= 11 is 1.83. The van der Waals surface area contributed by atoms with Crippen molar-refractivity contribution in [3.05, 3.63) is 40.2 Å². The minimum Gasteiger partial charge on any atom is -0.378 e. The zero-order chi connectivity index (χ0) is 12.3. The molecule has 0 saturated heterocycles. The van der Waals surface area contributed by atoms with E-state index in [2.05, 4.69) is 41.6 Å². The standard InChI is InChI=1S/C13H17N3S/c1-9-4-5-12(17-9)10(2)16-11-6-7-15-13(8-11)14-3/h4-8,10H,1-3H3,(H2,14,15,16). The number of pyridine rings is 1. The van der Waals surface area contributed by atoms with Crippen LogP contribution in [-0.2, 0) is 0 Å². The Morgan fingerprint density at radius 3 is 2.76 bits per heavy atom. The number of hydrogen-bond acceptors (Lipinski definition) is 4. The molecule has 0 bridgehead atoms. The van der Waals surface area contributed by atoms with Gasteiger partial charge in [0.05, 0.1) is 6.04 Å². The third-order valence-corrected chi connectivity index (χ3v) is 3.77. The van der Waals surface area contributed by atoms with Gasteiger partial charge in [0.15, 0.2) is 0 Å². The van der Waals surface area contributed by atoms with E-state index in [1.54, 1.807) is 6.20 Å². The third kappa shape index (κ3) is 2.97. The van der Waals surface area contributed by atoms with Gasteiger partial charge in [0.1, 0.15) is 5.82 Å². The van der Waals surface area contributed by atoms with Crippen molar-refractivity contribution in [3.63, 3.8) is 0 Å². The zero-order valence-electron chi connectivity index (χ0n) is 10.3. The van der Waals surface area contributed by atoms with Crippen LogP contribution in [0.4, 0.5) is 11.5 Å². The summed E-state index contributed by atoms with van der Waals surface area (Å²) in [7, 11) is 1.87. The van der Waals surface area contributed by atoms with Crippen LogP contribution < -0.4 is 10.6 Å². The molecule has 2 heterocycles. The molecule has 0 aliphatic rings. The molecule has 1 atom stereocenters. The van der Waals surface area contributed by atoms with Crippen molar-refractivity contribution in [2.45, 2.75) is 19.9 Å². The molecule has 1 unspecified atom stereocenters. The second kappa shape index (κ2) is 5.19. The first kappa shape index (κ1) is 11.9. The van der Waals surface area contributed by atoms with E-state index in [1.807, 2.05) is 30.5 Å². The zero-order valence-corrected chi connectivity index (χ0v) is 11.1. The molecule has 17 heavy (non-hydrogen) atoms. The monoisotopic (exact) mass is 247 g/mol. The molecule has 0 aliphatic carbocycles. The molecule has 0 fully saturated rings. The Labute approximate surface area is 106 Å². The Bertz CT molecular complexity index is 493. The second-order valence-corrected chi connectivity index (χ2v) is 5.31. The molecule has 2 rings (SSSR count). The lowest BCUT2D eigenvalue weighted by molar-refractivity contribution is 0.907. The lowest BCUT2D eigenvalue weighted by Gasteiger charge is -2.14. The molecule has 3 nitrogen and oxygen atoms in total. The summed E-state index contributed by atoms with van der Waals surface area (Å²) in [6, 6.07) is 8.65. The molecule has 2 aromatic heterocycles. The highest BCUT2D eigenvalue weighted by Gasteiger charge is 2.07. The van der Waals surface area contributed by atoms with E-state index in [0.717, 1.165) is 11.5 Å². The minimum absolute atomic E-state index is 0.320. The molecule has 0 aromatic carbocycles. The van der Waals surface area contributed by atoms with Crippen molar-refractivity contribution >= 4 is 22.8 Å². The summed E-state index contributed by atoms with van der Waals surface area (Å²) < 4.78 is 0. The fourth-order valence-electron chi connectivity index (χ4n) is 1.66. The van der Waals surface area contributed by atoms with E-state index in [-0.39, 0.29) is 0 Å². The summed E-state index contributed by atoms with van der Waals surface area (Å²) in [5.41, 5.74) is 1.09. The molecule has 2 aromatic rings. The summed E-state index contributed by atoms with van der Waals surface area (Å²) in [4.78, 5) is 6.89. The first-order valence-electron chi connectivity index (χ1n) is 5.65. The van der Waals surface area contributed by atoms with E-state index in [0.29, 0.717) is 6.04 Å². The summed E-state index contributed by atoms with van der Waals surface area (Å²) in [6.45, 7) is 4.30. The van der Waals surface area contributed by atoms with Crippen molar-refractivity contribution in [2.24, 2.45) is 0 Å². The maximum Gasteiger partial charge on any atom is 0.127 e. The van der Waals surface area contributed by atoms with Gasteiger partial charge in [0.2, 0.25) is 0 Å².